The Morgan fingerprint density at radius 3 is 2.48 bits per heavy atom. The van der Waals surface area contributed by atoms with E-state index in [1.165, 1.54) is 30.4 Å². The summed E-state index contributed by atoms with van der Waals surface area (Å²) in [6.45, 7) is 14.4. The second kappa shape index (κ2) is 7.11. The Hall–Kier alpha value is -1.31. The van der Waals surface area contributed by atoms with Gasteiger partial charge in [-0.05, 0) is 70.4 Å². The van der Waals surface area contributed by atoms with Crippen molar-refractivity contribution in [1.82, 2.24) is 0 Å². The Morgan fingerprint density at radius 2 is 1.95 bits per heavy atom. The van der Waals surface area contributed by atoms with Gasteiger partial charge < -0.3 is 4.74 Å². The summed E-state index contributed by atoms with van der Waals surface area (Å²) in [4.78, 5) is 11.8. The topological polar surface area (TPSA) is 26.3 Å². The molecule has 1 rings (SSSR count). The minimum atomic E-state index is -0.230. The number of carbonyl (C=O) groups excluding carboxylic acids is 1. The van der Waals surface area contributed by atoms with Gasteiger partial charge in [0.05, 0.1) is 0 Å². The summed E-state index contributed by atoms with van der Waals surface area (Å²) in [5.74, 6) is -0.230. The van der Waals surface area contributed by atoms with Gasteiger partial charge in [-0.15, -0.1) is 0 Å². The van der Waals surface area contributed by atoms with Crippen LogP contribution in [0.15, 0.2) is 34.4 Å². The quantitative estimate of drug-likeness (QED) is 0.515. The highest BCUT2D eigenvalue weighted by molar-refractivity contribution is 5.87. The van der Waals surface area contributed by atoms with E-state index in [4.69, 9.17) is 4.74 Å². The predicted molar refractivity (Wildman–Crippen MR) is 89.1 cm³/mol. The Bertz CT molecular complexity index is 490. The summed E-state index contributed by atoms with van der Waals surface area (Å²) in [7, 11) is 0. The zero-order valence-electron chi connectivity index (χ0n) is 14.7. The second-order valence-electron chi connectivity index (χ2n) is 6.84. The predicted octanol–water partition coefficient (Wildman–Crippen LogP) is 5.36. The lowest BCUT2D eigenvalue weighted by molar-refractivity contribution is -0.141. The molecule has 0 aliphatic heterocycles. The van der Waals surface area contributed by atoms with Gasteiger partial charge in [-0.3, -0.25) is 0 Å². The first-order valence-electron chi connectivity index (χ1n) is 7.91. The number of allylic oxidation sites excluding steroid dienone is 4. The molecule has 118 valence electrons. The molecule has 1 aliphatic rings. The molecule has 1 aliphatic carbocycles. The van der Waals surface area contributed by atoms with Crippen molar-refractivity contribution in [3.8, 4) is 0 Å². The largest absolute Gasteiger partial charge is 0.455 e. The zero-order chi connectivity index (χ0) is 16.2. The summed E-state index contributed by atoms with van der Waals surface area (Å²) < 4.78 is 5.51. The molecule has 0 bridgehead atoms. The van der Waals surface area contributed by atoms with Crippen molar-refractivity contribution in [3.05, 3.63) is 34.4 Å². The van der Waals surface area contributed by atoms with Crippen LogP contribution in [-0.4, -0.2) is 12.1 Å². The Balaban J connectivity index is 2.91. The minimum absolute atomic E-state index is 0.189. The molecule has 0 heterocycles. The summed E-state index contributed by atoms with van der Waals surface area (Å²) in [5, 5.41) is 0. The monoisotopic (exact) mass is 290 g/mol. The molecule has 0 saturated heterocycles. The molecule has 2 heteroatoms. The van der Waals surface area contributed by atoms with E-state index in [1.807, 2.05) is 20.8 Å². The zero-order valence-corrected chi connectivity index (χ0v) is 14.7. The van der Waals surface area contributed by atoms with Crippen molar-refractivity contribution in [2.24, 2.45) is 5.41 Å². The Morgan fingerprint density at radius 1 is 1.33 bits per heavy atom. The molecule has 0 spiro atoms. The Labute approximate surface area is 130 Å². The third kappa shape index (κ3) is 4.59. The van der Waals surface area contributed by atoms with Gasteiger partial charge in [0.2, 0.25) is 0 Å². The fourth-order valence-corrected chi connectivity index (χ4v) is 2.77. The lowest BCUT2D eigenvalue weighted by atomic mass is 9.72. The summed E-state index contributed by atoms with van der Waals surface area (Å²) >= 11 is 0. The number of rotatable bonds is 4. The maximum absolute atomic E-state index is 11.8. The highest BCUT2D eigenvalue weighted by Gasteiger charge is 2.27. The van der Waals surface area contributed by atoms with Crippen LogP contribution < -0.4 is 0 Å². The molecule has 0 amide bonds. The van der Waals surface area contributed by atoms with Gasteiger partial charge in [0.15, 0.2) is 0 Å². The van der Waals surface area contributed by atoms with E-state index >= 15 is 0 Å². The van der Waals surface area contributed by atoms with Gasteiger partial charge in [-0.25, -0.2) is 4.79 Å². The summed E-state index contributed by atoms with van der Waals surface area (Å²) in [6, 6.07) is 0. The van der Waals surface area contributed by atoms with E-state index in [1.54, 1.807) is 13.0 Å². The van der Waals surface area contributed by atoms with Gasteiger partial charge in [-0.1, -0.05) is 31.6 Å². The fraction of sp³-hybridized carbons (Fsp3) is 0.632. The molecule has 2 nitrogen and oxygen atoms in total. The van der Waals surface area contributed by atoms with Crippen molar-refractivity contribution < 1.29 is 9.53 Å². The highest BCUT2D eigenvalue weighted by Crippen LogP contribution is 2.41. The molecule has 0 fully saturated rings. The average Bonchev–Trinajstić information content (AvgIpc) is 2.41. The molecular weight excluding hydrogens is 260 g/mol. The van der Waals surface area contributed by atoms with E-state index < -0.39 is 0 Å². The number of hydrogen-bond donors (Lipinski definition) is 0. The van der Waals surface area contributed by atoms with E-state index in [9.17, 15) is 4.79 Å². The van der Waals surface area contributed by atoms with Gasteiger partial charge in [0.25, 0.3) is 0 Å². The van der Waals surface area contributed by atoms with Crippen LogP contribution in [0.4, 0.5) is 0 Å². The standard InChI is InChI=1S/C19H30O2/c1-8-13(2)18(20)21-16(5)15(4)12-17-14(3)10-9-11-19(17,6)7/h8,12,16H,9-11H2,1-7H3/b13-8+,15-12+. The van der Waals surface area contributed by atoms with Crippen molar-refractivity contribution in [2.45, 2.75) is 73.8 Å². The minimum Gasteiger partial charge on any atom is -0.455 e. The normalized spacial score (nSPS) is 21.3. The third-order valence-electron chi connectivity index (χ3n) is 4.59. The van der Waals surface area contributed by atoms with Crippen molar-refractivity contribution in [3.63, 3.8) is 0 Å². The van der Waals surface area contributed by atoms with Crippen LogP contribution in [0.25, 0.3) is 0 Å². The average molecular weight is 290 g/mol. The van der Waals surface area contributed by atoms with Crippen LogP contribution in [0.2, 0.25) is 0 Å². The number of esters is 1. The van der Waals surface area contributed by atoms with Crippen LogP contribution in [0, 0.1) is 5.41 Å². The first-order chi connectivity index (χ1) is 9.69. The summed E-state index contributed by atoms with van der Waals surface area (Å²) in [6.07, 6.45) is 7.48. The van der Waals surface area contributed by atoms with Crippen LogP contribution in [0.3, 0.4) is 0 Å². The van der Waals surface area contributed by atoms with E-state index in [0.717, 1.165) is 5.57 Å². The number of carbonyl (C=O) groups is 1. The van der Waals surface area contributed by atoms with Crippen molar-refractivity contribution in [1.29, 1.82) is 0 Å². The van der Waals surface area contributed by atoms with Gasteiger partial charge in [0, 0.05) is 5.57 Å². The lowest BCUT2D eigenvalue weighted by Crippen LogP contribution is -2.21. The number of hydrogen-bond acceptors (Lipinski definition) is 2. The maximum Gasteiger partial charge on any atom is 0.333 e. The van der Waals surface area contributed by atoms with Crippen molar-refractivity contribution >= 4 is 5.97 Å². The van der Waals surface area contributed by atoms with E-state index in [-0.39, 0.29) is 17.5 Å². The van der Waals surface area contributed by atoms with E-state index in [2.05, 4.69) is 26.8 Å². The highest BCUT2D eigenvalue weighted by atomic mass is 16.5. The van der Waals surface area contributed by atoms with Crippen LogP contribution in [0.5, 0.6) is 0 Å². The third-order valence-corrected chi connectivity index (χ3v) is 4.59. The molecule has 0 aromatic heterocycles. The second-order valence-corrected chi connectivity index (χ2v) is 6.84. The Kier molecular flexibility index (Phi) is 6.00. The fourth-order valence-electron chi connectivity index (χ4n) is 2.77. The molecule has 0 aromatic carbocycles. The van der Waals surface area contributed by atoms with Crippen LogP contribution in [-0.2, 0) is 9.53 Å². The van der Waals surface area contributed by atoms with Crippen molar-refractivity contribution in [2.75, 3.05) is 0 Å². The first-order valence-corrected chi connectivity index (χ1v) is 7.91. The van der Waals surface area contributed by atoms with Crippen LogP contribution >= 0.6 is 0 Å². The molecular formula is C19H30O2. The molecule has 1 unspecified atom stereocenters. The molecule has 1 atom stereocenters. The molecule has 0 N–H and O–H groups in total. The first kappa shape index (κ1) is 17.7. The molecule has 0 radical (unpaired) electrons. The maximum atomic E-state index is 11.8. The van der Waals surface area contributed by atoms with Gasteiger partial charge >= 0.3 is 5.97 Å². The molecule has 21 heavy (non-hydrogen) atoms. The van der Waals surface area contributed by atoms with Crippen LogP contribution in [0.1, 0.15) is 67.7 Å². The number of ether oxygens (including phenoxy) is 1. The molecule has 0 saturated carbocycles. The smallest absolute Gasteiger partial charge is 0.333 e. The summed E-state index contributed by atoms with van der Waals surface area (Å²) in [5.41, 5.74) is 4.86. The lowest BCUT2D eigenvalue weighted by Gasteiger charge is -2.33. The van der Waals surface area contributed by atoms with Gasteiger partial charge in [-0.2, -0.15) is 0 Å². The van der Waals surface area contributed by atoms with E-state index in [0.29, 0.717) is 5.57 Å². The molecule has 0 aromatic rings. The SMILES string of the molecule is C/C=C(\C)C(=O)OC(C)/C(C)=C/C1=C(C)CCCC1(C)C. The van der Waals surface area contributed by atoms with Gasteiger partial charge in [0.1, 0.15) is 6.10 Å².